The molecular formula is C32H29FN6O3S. The van der Waals surface area contributed by atoms with Crippen molar-refractivity contribution in [2.45, 2.75) is 35.6 Å². The van der Waals surface area contributed by atoms with Crippen molar-refractivity contribution in [2.24, 2.45) is 0 Å². The van der Waals surface area contributed by atoms with Crippen LogP contribution in [0.4, 0.5) is 26.4 Å². The van der Waals surface area contributed by atoms with Crippen LogP contribution < -0.4 is 16.0 Å². The lowest BCUT2D eigenvalue weighted by Gasteiger charge is -2.18. The standard InChI is InChI=1S/C32H29FN6O3S/c1-19(2)25-14-13-24-29(37-25)34-18-35-30(24)38-26-16-21(31(40)39-27(17-33)20-6-4-3-5-7-20)8-15-28(26)43-23-11-9-22(10-12-23)36-32(41)42/h3-16,18-19,27,36H,17H2,1-2H3,(H,39,40)(H,41,42)(H,34,35,37,38). The smallest absolute Gasteiger partial charge is 0.409 e. The van der Waals surface area contributed by atoms with Crippen molar-refractivity contribution >= 4 is 52.0 Å². The van der Waals surface area contributed by atoms with Gasteiger partial charge in [-0.1, -0.05) is 55.9 Å². The molecule has 1 atom stereocenters. The normalized spacial score (nSPS) is 11.7. The van der Waals surface area contributed by atoms with E-state index in [2.05, 4.69) is 44.7 Å². The summed E-state index contributed by atoms with van der Waals surface area (Å²) in [6.07, 6.45) is 0.292. The van der Waals surface area contributed by atoms with Crippen molar-refractivity contribution < 1.29 is 19.1 Å². The van der Waals surface area contributed by atoms with E-state index in [-0.39, 0.29) is 5.92 Å². The van der Waals surface area contributed by atoms with Crippen LogP contribution in [0.2, 0.25) is 0 Å². The third-order valence-corrected chi connectivity index (χ3v) is 7.68. The number of nitrogens with one attached hydrogen (secondary N) is 3. The number of rotatable bonds is 10. The number of fused-ring (bicyclic) bond motifs is 1. The summed E-state index contributed by atoms with van der Waals surface area (Å²) in [7, 11) is 0. The number of hydrogen-bond acceptors (Lipinski definition) is 7. The third-order valence-electron chi connectivity index (χ3n) is 6.60. The van der Waals surface area contributed by atoms with E-state index in [4.69, 9.17) is 5.11 Å². The lowest BCUT2D eigenvalue weighted by atomic mass is 10.1. The maximum atomic E-state index is 13.9. The predicted octanol–water partition coefficient (Wildman–Crippen LogP) is 7.57. The summed E-state index contributed by atoms with van der Waals surface area (Å²) in [5.74, 6) is 0.320. The number of carbonyl (C=O) groups excluding carboxylic acids is 1. The van der Waals surface area contributed by atoms with Crippen LogP contribution in [0.5, 0.6) is 0 Å². The summed E-state index contributed by atoms with van der Waals surface area (Å²) < 4.78 is 13.9. The average Bonchev–Trinajstić information content (AvgIpc) is 3.01. The minimum Gasteiger partial charge on any atom is -0.465 e. The monoisotopic (exact) mass is 596 g/mol. The van der Waals surface area contributed by atoms with Crippen molar-refractivity contribution in [1.29, 1.82) is 0 Å². The largest absolute Gasteiger partial charge is 0.465 e. The highest BCUT2D eigenvalue weighted by Gasteiger charge is 2.18. The van der Waals surface area contributed by atoms with Gasteiger partial charge >= 0.3 is 6.09 Å². The number of carbonyl (C=O) groups is 2. The minimum atomic E-state index is -1.14. The topological polar surface area (TPSA) is 129 Å². The number of aromatic nitrogens is 3. The SMILES string of the molecule is CC(C)c1ccc2c(Nc3cc(C(=O)NC(CF)c4ccccc4)ccc3Sc3ccc(NC(=O)O)cc3)ncnc2n1. The molecule has 4 N–H and O–H groups in total. The Hall–Kier alpha value is -5.03. The highest BCUT2D eigenvalue weighted by atomic mass is 32.2. The second kappa shape index (κ2) is 13.3. The second-order valence-electron chi connectivity index (χ2n) is 9.97. The lowest BCUT2D eigenvalue weighted by molar-refractivity contribution is 0.0929. The van der Waals surface area contributed by atoms with E-state index in [9.17, 15) is 14.0 Å². The quantitative estimate of drug-likeness (QED) is 0.130. The third kappa shape index (κ3) is 7.25. The number of anilines is 3. The van der Waals surface area contributed by atoms with E-state index in [0.717, 1.165) is 15.5 Å². The van der Waals surface area contributed by atoms with Gasteiger partial charge in [0.15, 0.2) is 5.65 Å². The van der Waals surface area contributed by atoms with Gasteiger partial charge in [-0.2, -0.15) is 0 Å². The van der Waals surface area contributed by atoms with Crippen LogP contribution in [0.1, 0.15) is 47.4 Å². The minimum absolute atomic E-state index is 0.232. The number of alkyl halides is 1. The first-order valence-corrected chi connectivity index (χ1v) is 14.3. The molecule has 2 aromatic heterocycles. The molecule has 0 saturated heterocycles. The van der Waals surface area contributed by atoms with Crippen LogP contribution in [-0.2, 0) is 0 Å². The second-order valence-corrected chi connectivity index (χ2v) is 11.1. The molecule has 2 heterocycles. The Morgan fingerprint density at radius 3 is 2.42 bits per heavy atom. The number of nitrogens with zero attached hydrogens (tertiary/aromatic N) is 3. The van der Waals surface area contributed by atoms with Gasteiger partial charge in [0.2, 0.25) is 0 Å². The maximum Gasteiger partial charge on any atom is 0.409 e. The van der Waals surface area contributed by atoms with E-state index in [1.54, 1.807) is 66.7 Å². The Bertz CT molecular complexity index is 1750. The van der Waals surface area contributed by atoms with Gasteiger partial charge in [-0.05, 0) is 66.1 Å². The molecule has 3 aromatic carbocycles. The van der Waals surface area contributed by atoms with E-state index in [1.807, 2.05) is 18.2 Å². The Morgan fingerprint density at radius 1 is 0.953 bits per heavy atom. The summed E-state index contributed by atoms with van der Waals surface area (Å²) in [5.41, 5.74) is 3.50. The molecule has 5 rings (SSSR count). The fourth-order valence-electron chi connectivity index (χ4n) is 4.36. The molecule has 11 heteroatoms. The van der Waals surface area contributed by atoms with Gasteiger partial charge in [-0.25, -0.2) is 24.1 Å². The van der Waals surface area contributed by atoms with Crippen LogP contribution in [-0.4, -0.2) is 38.7 Å². The van der Waals surface area contributed by atoms with Gasteiger partial charge in [0.1, 0.15) is 18.8 Å². The van der Waals surface area contributed by atoms with Crippen molar-refractivity contribution in [2.75, 3.05) is 17.3 Å². The molecule has 0 saturated carbocycles. The lowest BCUT2D eigenvalue weighted by Crippen LogP contribution is -2.29. The molecule has 0 radical (unpaired) electrons. The van der Waals surface area contributed by atoms with Gasteiger partial charge in [-0.15, -0.1) is 0 Å². The molecule has 0 fully saturated rings. The van der Waals surface area contributed by atoms with Crippen molar-refractivity contribution in [1.82, 2.24) is 20.3 Å². The van der Waals surface area contributed by atoms with Crippen LogP contribution >= 0.6 is 11.8 Å². The maximum absolute atomic E-state index is 13.9. The number of pyridine rings is 1. The first kappa shape index (κ1) is 29.5. The van der Waals surface area contributed by atoms with Gasteiger partial charge in [0, 0.05) is 26.7 Å². The van der Waals surface area contributed by atoms with E-state index in [0.29, 0.717) is 39.4 Å². The average molecular weight is 597 g/mol. The molecule has 9 nitrogen and oxygen atoms in total. The van der Waals surface area contributed by atoms with Gasteiger partial charge in [0.05, 0.1) is 17.1 Å². The summed E-state index contributed by atoms with van der Waals surface area (Å²) >= 11 is 1.42. The molecule has 0 aliphatic carbocycles. The number of amides is 2. The van der Waals surface area contributed by atoms with Crippen LogP contribution in [0.25, 0.3) is 11.0 Å². The Kier molecular flexibility index (Phi) is 9.11. The van der Waals surface area contributed by atoms with Gasteiger partial charge in [0.25, 0.3) is 5.91 Å². The molecule has 0 spiro atoms. The molecule has 0 aliphatic heterocycles. The zero-order valence-electron chi connectivity index (χ0n) is 23.4. The number of benzene rings is 3. The summed E-state index contributed by atoms with van der Waals surface area (Å²) in [5, 5.41) is 18.2. The highest BCUT2D eigenvalue weighted by molar-refractivity contribution is 7.99. The van der Waals surface area contributed by atoms with Crippen LogP contribution in [0.3, 0.4) is 0 Å². The summed E-state index contributed by atoms with van der Waals surface area (Å²) in [4.78, 5) is 39.4. The molecule has 0 bridgehead atoms. The molecule has 2 amide bonds. The molecule has 43 heavy (non-hydrogen) atoms. The Labute approximate surface area is 252 Å². The fraction of sp³-hybridized carbons (Fsp3) is 0.156. The van der Waals surface area contributed by atoms with Crippen molar-refractivity contribution in [3.63, 3.8) is 0 Å². The van der Waals surface area contributed by atoms with E-state index in [1.165, 1.54) is 18.1 Å². The van der Waals surface area contributed by atoms with E-state index < -0.39 is 24.7 Å². The van der Waals surface area contributed by atoms with Gasteiger partial charge < -0.3 is 15.7 Å². The molecule has 0 aliphatic rings. The first-order chi connectivity index (χ1) is 20.8. The Balaban J connectivity index is 1.49. The predicted molar refractivity (Wildman–Crippen MR) is 166 cm³/mol. The van der Waals surface area contributed by atoms with E-state index >= 15 is 0 Å². The molecule has 1 unspecified atom stereocenters. The Morgan fingerprint density at radius 2 is 1.72 bits per heavy atom. The van der Waals surface area contributed by atoms with Crippen molar-refractivity contribution in [3.8, 4) is 0 Å². The van der Waals surface area contributed by atoms with Crippen LogP contribution in [0, 0.1) is 0 Å². The first-order valence-electron chi connectivity index (χ1n) is 13.5. The molecular weight excluding hydrogens is 567 g/mol. The zero-order valence-corrected chi connectivity index (χ0v) is 24.2. The van der Waals surface area contributed by atoms with Crippen molar-refractivity contribution in [3.05, 3.63) is 108 Å². The highest BCUT2D eigenvalue weighted by Crippen LogP contribution is 2.37. The van der Waals surface area contributed by atoms with Gasteiger partial charge in [-0.3, -0.25) is 10.1 Å². The molecule has 5 aromatic rings. The summed E-state index contributed by atoms with van der Waals surface area (Å²) in [6, 6.07) is 24.2. The van der Waals surface area contributed by atoms with Crippen LogP contribution in [0.15, 0.2) is 101 Å². The number of halogens is 1. The zero-order chi connectivity index (χ0) is 30.3. The molecule has 218 valence electrons. The number of carboxylic acid groups (broad SMARTS) is 1. The number of hydrogen-bond donors (Lipinski definition) is 4. The fourth-order valence-corrected chi connectivity index (χ4v) is 5.24. The summed E-state index contributed by atoms with van der Waals surface area (Å²) in [6.45, 7) is 3.37.